The fourth-order valence-electron chi connectivity index (χ4n) is 3.12. The number of nitrogens with two attached hydrogens (primary N) is 1. The fourth-order valence-corrected chi connectivity index (χ4v) is 3.41. The number of piperidine rings is 1. The topological polar surface area (TPSA) is 77.0 Å². The van der Waals surface area contributed by atoms with Crippen LogP contribution in [0.3, 0.4) is 0 Å². The van der Waals surface area contributed by atoms with Gasteiger partial charge in [-0.15, -0.1) is 0 Å². The molecule has 1 aliphatic rings. The van der Waals surface area contributed by atoms with Gasteiger partial charge >= 0.3 is 0 Å². The smallest absolute Gasteiger partial charge is 0.250 e. The molecule has 0 spiro atoms. The van der Waals surface area contributed by atoms with Crippen LogP contribution in [0.25, 0.3) is 0 Å². The van der Waals surface area contributed by atoms with Crippen molar-refractivity contribution in [2.45, 2.75) is 32.2 Å². The quantitative estimate of drug-likeness (QED) is 0.932. The lowest BCUT2D eigenvalue weighted by Gasteiger charge is -2.35. The van der Waals surface area contributed by atoms with Crippen molar-refractivity contribution in [2.75, 3.05) is 18.0 Å². The van der Waals surface area contributed by atoms with Gasteiger partial charge < -0.3 is 15.2 Å². The number of carbonyl (C=O) groups is 1. The number of carbonyl (C=O) groups excluding carboxylic acids is 1. The van der Waals surface area contributed by atoms with Gasteiger partial charge in [0.15, 0.2) is 0 Å². The molecule has 0 aromatic carbocycles. The number of hydrogen-bond donors (Lipinski definition) is 1. The second kappa shape index (κ2) is 6.58. The number of aryl methyl sites for hydroxylation is 1. The molecule has 122 valence electrons. The van der Waals surface area contributed by atoms with E-state index in [1.54, 1.807) is 6.07 Å². The monoisotopic (exact) mass is 333 g/mol. The van der Waals surface area contributed by atoms with Crippen LogP contribution in [-0.4, -0.2) is 33.5 Å². The molecule has 7 heteroatoms. The van der Waals surface area contributed by atoms with Crippen LogP contribution in [0.4, 0.5) is 5.82 Å². The van der Waals surface area contributed by atoms with E-state index in [0.29, 0.717) is 22.4 Å². The van der Waals surface area contributed by atoms with Crippen LogP contribution in [0.5, 0.6) is 0 Å². The molecule has 23 heavy (non-hydrogen) atoms. The number of imidazole rings is 1. The van der Waals surface area contributed by atoms with Gasteiger partial charge in [0.2, 0.25) is 5.91 Å². The summed E-state index contributed by atoms with van der Waals surface area (Å²) in [6.07, 6.45) is 8.46. The number of amides is 1. The Morgan fingerprint density at radius 2 is 2.30 bits per heavy atom. The lowest BCUT2D eigenvalue weighted by molar-refractivity contribution is 0.1000. The van der Waals surface area contributed by atoms with E-state index in [1.165, 1.54) is 6.20 Å². The predicted octanol–water partition coefficient (Wildman–Crippen LogP) is 2.43. The van der Waals surface area contributed by atoms with Crippen LogP contribution in [0, 0.1) is 0 Å². The Kier molecular flexibility index (Phi) is 4.52. The van der Waals surface area contributed by atoms with Crippen LogP contribution in [0.1, 0.15) is 42.0 Å². The Morgan fingerprint density at radius 3 is 3.00 bits per heavy atom. The number of aromatic nitrogens is 3. The van der Waals surface area contributed by atoms with Gasteiger partial charge in [-0.2, -0.15) is 0 Å². The molecule has 1 unspecified atom stereocenters. The number of nitrogens with zero attached hydrogens (tertiary/aromatic N) is 4. The molecule has 1 atom stereocenters. The number of halogens is 1. The molecule has 0 saturated carbocycles. The summed E-state index contributed by atoms with van der Waals surface area (Å²) in [5.74, 6) is 1.29. The third-order valence-corrected chi connectivity index (χ3v) is 4.54. The van der Waals surface area contributed by atoms with Crippen LogP contribution >= 0.6 is 11.6 Å². The van der Waals surface area contributed by atoms with Crippen molar-refractivity contribution in [3.63, 3.8) is 0 Å². The zero-order valence-corrected chi connectivity index (χ0v) is 13.8. The Morgan fingerprint density at radius 1 is 1.48 bits per heavy atom. The van der Waals surface area contributed by atoms with Crippen LogP contribution in [-0.2, 0) is 6.42 Å². The molecular weight excluding hydrogens is 314 g/mol. The first kappa shape index (κ1) is 15.8. The third kappa shape index (κ3) is 3.17. The number of anilines is 1. The zero-order valence-electron chi connectivity index (χ0n) is 13.1. The van der Waals surface area contributed by atoms with Crippen molar-refractivity contribution < 1.29 is 4.79 Å². The molecule has 3 rings (SSSR count). The summed E-state index contributed by atoms with van der Waals surface area (Å²) in [4.78, 5) is 22.1. The summed E-state index contributed by atoms with van der Waals surface area (Å²) < 4.78 is 2.25. The standard InChI is InChI=1S/C16H20ClN5O/c1-2-14-19-5-7-22(14)12-4-3-6-21(10-12)16-13(17)8-11(9-20-16)15(18)23/h5,7-9,12H,2-4,6,10H2,1H3,(H2,18,23). The highest BCUT2D eigenvalue weighted by molar-refractivity contribution is 6.33. The number of hydrogen-bond acceptors (Lipinski definition) is 4. The molecule has 1 amide bonds. The molecule has 0 aliphatic carbocycles. The van der Waals surface area contributed by atoms with E-state index in [0.717, 1.165) is 38.2 Å². The molecule has 2 aromatic heterocycles. The molecule has 2 aromatic rings. The normalized spacial score (nSPS) is 18.2. The summed E-state index contributed by atoms with van der Waals surface area (Å²) >= 11 is 6.31. The third-order valence-electron chi connectivity index (χ3n) is 4.26. The highest BCUT2D eigenvalue weighted by Gasteiger charge is 2.25. The van der Waals surface area contributed by atoms with E-state index >= 15 is 0 Å². The summed E-state index contributed by atoms with van der Waals surface area (Å²) in [7, 11) is 0. The van der Waals surface area contributed by atoms with Crippen molar-refractivity contribution in [2.24, 2.45) is 5.73 Å². The number of rotatable bonds is 4. The lowest BCUT2D eigenvalue weighted by Crippen LogP contribution is -2.37. The van der Waals surface area contributed by atoms with Crippen molar-refractivity contribution in [1.82, 2.24) is 14.5 Å². The van der Waals surface area contributed by atoms with E-state index in [9.17, 15) is 4.79 Å². The maximum absolute atomic E-state index is 11.2. The maximum atomic E-state index is 11.2. The highest BCUT2D eigenvalue weighted by Crippen LogP contribution is 2.30. The van der Waals surface area contributed by atoms with E-state index in [-0.39, 0.29) is 0 Å². The molecule has 3 heterocycles. The summed E-state index contributed by atoms with van der Waals surface area (Å²) in [6, 6.07) is 1.94. The Bertz CT molecular complexity index is 714. The van der Waals surface area contributed by atoms with Gasteiger partial charge in [-0.1, -0.05) is 18.5 Å². The largest absolute Gasteiger partial charge is 0.366 e. The van der Waals surface area contributed by atoms with Crippen molar-refractivity contribution in [1.29, 1.82) is 0 Å². The van der Waals surface area contributed by atoms with Crippen LogP contribution in [0.15, 0.2) is 24.7 Å². The molecule has 2 N–H and O–H groups in total. The minimum absolute atomic E-state index is 0.329. The Balaban J connectivity index is 1.83. The first-order valence-corrected chi connectivity index (χ1v) is 8.20. The fraction of sp³-hybridized carbons (Fsp3) is 0.438. The van der Waals surface area contributed by atoms with Gasteiger partial charge in [0, 0.05) is 38.1 Å². The van der Waals surface area contributed by atoms with E-state index < -0.39 is 5.91 Å². The average Bonchev–Trinajstić information content (AvgIpc) is 3.03. The first-order valence-electron chi connectivity index (χ1n) is 7.82. The molecule has 1 aliphatic heterocycles. The summed E-state index contributed by atoms with van der Waals surface area (Å²) in [6.45, 7) is 3.84. The van der Waals surface area contributed by atoms with E-state index in [2.05, 4.69) is 26.4 Å². The Labute approximate surface area is 140 Å². The van der Waals surface area contributed by atoms with Gasteiger partial charge in [0.05, 0.1) is 16.6 Å². The van der Waals surface area contributed by atoms with Gasteiger partial charge in [0.25, 0.3) is 0 Å². The van der Waals surface area contributed by atoms with E-state index in [1.807, 2.05) is 12.4 Å². The van der Waals surface area contributed by atoms with Crippen molar-refractivity contribution >= 4 is 23.3 Å². The van der Waals surface area contributed by atoms with Gasteiger partial charge in [-0.3, -0.25) is 4.79 Å². The minimum Gasteiger partial charge on any atom is -0.366 e. The maximum Gasteiger partial charge on any atom is 0.250 e. The first-order chi connectivity index (χ1) is 11.1. The molecule has 1 saturated heterocycles. The lowest BCUT2D eigenvalue weighted by atomic mass is 10.1. The van der Waals surface area contributed by atoms with Crippen molar-refractivity contribution in [3.8, 4) is 0 Å². The second-order valence-electron chi connectivity index (χ2n) is 5.74. The van der Waals surface area contributed by atoms with Crippen molar-refractivity contribution in [3.05, 3.63) is 41.1 Å². The molecule has 0 bridgehead atoms. The van der Waals surface area contributed by atoms with Crippen LogP contribution < -0.4 is 10.6 Å². The van der Waals surface area contributed by atoms with Gasteiger partial charge in [-0.25, -0.2) is 9.97 Å². The summed E-state index contributed by atoms with van der Waals surface area (Å²) in [5, 5.41) is 0.461. The SMILES string of the molecule is CCc1nccn1C1CCCN(c2ncc(C(N)=O)cc2Cl)C1. The van der Waals surface area contributed by atoms with Gasteiger partial charge in [-0.05, 0) is 18.9 Å². The number of primary amides is 1. The molecular formula is C16H20ClN5O. The second-order valence-corrected chi connectivity index (χ2v) is 6.15. The average molecular weight is 334 g/mol. The van der Waals surface area contributed by atoms with Crippen LogP contribution in [0.2, 0.25) is 5.02 Å². The predicted molar refractivity (Wildman–Crippen MR) is 89.9 cm³/mol. The number of pyridine rings is 1. The zero-order chi connectivity index (χ0) is 16.4. The molecule has 0 radical (unpaired) electrons. The molecule has 6 nitrogen and oxygen atoms in total. The summed E-state index contributed by atoms with van der Waals surface area (Å²) in [5.41, 5.74) is 5.60. The highest BCUT2D eigenvalue weighted by atomic mass is 35.5. The van der Waals surface area contributed by atoms with Gasteiger partial charge in [0.1, 0.15) is 11.6 Å². The van der Waals surface area contributed by atoms with E-state index in [4.69, 9.17) is 17.3 Å². The molecule has 1 fully saturated rings. The Hall–Kier alpha value is -2.08. The minimum atomic E-state index is -0.520.